The summed E-state index contributed by atoms with van der Waals surface area (Å²) in [5, 5.41) is 6.36. The molecule has 6 nitrogen and oxygen atoms in total. The van der Waals surface area contributed by atoms with E-state index in [9.17, 15) is 9.59 Å². The van der Waals surface area contributed by atoms with Crippen molar-refractivity contribution in [2.45, 2.75) is 45.1 Å². The lowest BCUT2D eigenvalue weighted by molar-refractivity contribution is 0.0676. The fourth-order valence-electron chi connectivity index (χ4n) is 3.40. The molecule has 118 valence electrons. The van der Waals surface area contributed by atoms with Gasteiger partial charge in [0.15, 0.2) is 5.65 Å². The second-order valence-electron chi connectivity index (χ2n) is 6.14. The molecule has 1 saturated carbocycles. The van der Waals surface area contributed by atoms with Crippen LogP contribution in [0.5, 0.6) is 0 Å². The monoisotopic (exact) mass is 302 g/mol. The van der Waals surface area contributed by atoms with E-state index < -0.39 is 0 Å². The first kappa shape index (κ1) is 14.8. The lowest BCUT2D eigenvalue weighted by Gasteiger charge is -2.34. The van der Waals surface area contributed by atoms with Crippen LogP contribution in [0.2, 0.25) is 0 Å². The summed E-state index contributed by atoms with van der Waals surface area (Å²) < 4.78 is 1.37. The van der Waals surface area contributed by atoms with E-state index in [1.807, 2.05) is 11.9 Å². The quantitative estimate of drug-likeness (QED) is 0.943. The Bertz CT molecular complexity index is 725. The largest absolute Gasteiger partial charge is 0.347 e. The second kappa shape index (κ2) is 5.94. The average Bonchev–Trinajstić information content (AvgIpc) is 2.95. The van der Waals surface area contributed by atoms with Gasteiger partial charge in [0.1, 0.15) is 0 Å². The Morgan fingerprint density at radius 2 is 2.14 bits per heavy atom. The van der Waals surface area contributed by atoms with E-state index in [1.54, 1.807) is 18.3 Å². The number of carbonyl (C=O) groups excluding carboxylic acids is 1. The third-order valence-corrected chi connectivity index (χ3v) is 4.94. The van der Waals surface area contributed by atoms with Gasteiger partial charge < -0.3 is 4.90 Å². The molecule has 0 bridgehead atoms. The molecular weight excluding hydrogens is 280 g/mol. The van der Waals surface area contributed by atoms with Crippen molar-refractivity contribution in [3.63, 3.8) is 0 Å². The van der Waals surface area contributed by atoms with Gasteiger partial charge in [-0.15, -0.1) is 0 Å². The summed E-state index contributed by atoms with van der Waals surface area (Å²) in [5.41, 5.74) is 0.545. The Morgan fingerprint density at radius 1 is 1.41 bits per heavy atom. The number of aromatic amines is 1. The van der Waals surface area contributed by atoms with Crippen molar-refractivity contribution < 1.29 is 4.79 Å². The number of nitrogens with one attached hydrogen (secondary N) is 1. The van der Waals surface area contributed by atoms with Gasteiger partial charge in [0.05, 0.1) is 5.56 Å². The number of carbonyl (C=O) groups is 1. The molecule has 1 aliphatic carbocycles. The third kappa shape index (κ3) is 2.53. The maximum absolute atomic E-state index is 12.8. The maximum atomic E-state index is 12.8. The fraction of sp³-hybridized carbons (Fsp3) is 0.562. The van der Waals surface area contributed by atoms with Crippen LogP contribution in [0.15, 0.2) is 23.1 Å². The van der Waals surface area contributed by atoms with Crippen molar-refractivity contribution in [3.8, 4) is 0 Å². The number of aromatic nitrogens is 3. The molecule has 0 atom stereocenters. The molecule has 0 aliphatic heterocycles. The molecule has 1 fully saturated rings. The number of rotatable bonds is 3. The highest BCUT2D eigenvalue weighted by Crippen LogP contribution is 2.29. The highest BCUT2D eigenvalue weighted by atomic mass is 16.2. The number of pyridine rings is 1. The molecule has 2 heterocycles. The van der Waals surface area contributed by atoms with Crippen LogP contribution < -0.4 is 5.69 Å². The van der Waals surface area contributed by atoms with Gasteiger partial charge in [-0.05, 0) is 43.7 Å². The van der Waals surface area contributed by atoms with Crippen molar-refractivity contribution in [3.05, 3.63) is 34.4 Å². The molecule has 1 aliphatic rings. The summed E-state index contributed by atoms with van der Waals surface area (Å²) in [6.45, 7) is 2.23. The third-order valence-electron chi connectivity index (χ3n) is 4.94. The van der Waals surface area contributed by atoms with Crippen molar-refractivity contribution in [2.24, 2.45) is 5.92 Å². The first-order chi connectivity index (χ1) is 10.6. The zero-order valence-corrected chi connectivity index (χ0v) is 13.1. The van der Waals surface area contributed by atoms with Crippen LogP contribution in [0.4, 0.5) is 0 Å². The predicted molar refractivity (Wildman–Crippen MR) is 83.9 cm³/mol. The van der Waals surface area contributed by atoms with Crippen LogP contribution in [0.1, 0.15) is 49.4 Å². The minimum atomic E-state index is -0.323. The molecule has 1 amide bonds. The Kier molecular flexibility index (Phi) is 4.00. The summed E-state index contributed by atoms with van der Waals surface area (Å²) in [5.74, 6) is 0.734. The Balaban J connectivity index is 1.82. The molecule has 3 rings (SSSR count). The molecule has 0 radical (unpaired) electrons. The number of nitrogens with zero attached hydrogens (tertiary/aromatic N) is 3. The first-order valence-electron chi connectivity index (χ1n) is 7.94. The van der Waals surface area contributed by atoms with Crippen LogP contribution in [0, 0.1) is 5.92 Å². The van der Waals surface area contributed by atoms with Crippen molar-refractivity contribution in [1.82, 2.24) is 19.5 Å². The van der Waals surface area contributed by atoms with Gasteiger partial charge in [-0.2, -0.15) is 5.10 Å². The van der Waals surface area contributed by atoms with Gasteiger partial charge >= 0.3 is 5.69 Å². The molecule has 6 heteroatoms. The van der Waals surface area contributed by atoms with Crippen molar-refractivity contribution >= 4 is 11.6 Å². The highest BCUT2D eigenvalue weighted by molar-refractivity contribution is 5.99. The highest BCUT2D eigenvalue weighted by Gasteiger charge is 2.27. The van der Waals surface area contributed by atoms with Gasteiger partial charge in [-0.3, -0.25) is 4.79 Å². The number of amides is 1. The van der Waals surface area contributed by atoms with E-state index in [1.165, 1.54) is 23.7 Å². The first-order valence-corrected chi connectivity index (χ1v) is 7.94. The molecule has 1 N–H and O–H groups in total. The van der Waals surface area contributed by atoms with E-state index in [0.717, 1.165) is 18.8 Å². The summed E-state index contributed by atoms with van der Waals surface area (Å²) in [7, 11) is 1.85. The van der Waals surface area contributed by atoms with Crippen LogP contribution in [0.25, 0.3) is 5.65 Å². The zero-order chi connectivity index (χ0) is 15.7. The molecule has 2 aromatic heterocycles. The summed E-state index contributed by atoms with van der Waals surface area (Å²) in [6, 6.07) is 3.71. The SMILES string of the molecule is CCC1CCC(N(C)C(=O)c2cccn3c(=O)[nH]nc23)CC1. The number of hydrogen-bond donors (Lipinski definition) is 1. The predicted octanol–water partition coefficient (Wildman–Crippen LogP) is 2.06. The number of hydrogen-bond acceptors (Lipinski definition) is 3. The molecule has 0 aromatic carbocycles. The molecule has 0 saturated heterocycles. The topological polar surface area (TPSA) is 70.5 Å². The van der Waals surface area contributed by atoms with Crippen LogP contribution in [-0.4, -0.2) is 38.5 Å². The Morgan fingerprint density at radius 3 is 2.82 bits per heavy atom. The zero-order valence-electron chi connectivity index (χ0n) is 13.1. The van der Waals surface area contributed by atoms with Gasteiger partial charge in [-0.1, -0.05) is 13.3 Å². The summed E-state index contributed by atoms with van der Waals surface area (Å²) in [6.07, 6.45) is 7.31. The summed E-state index contributed by atoms with van der Waals surface area (Å²) in [4.78, 5) is 26.2. The van der Waals surface area contributed by atoms with E-state index in [-0.39, 0.29) is 17.6 Å². The molecule has 0 spiro atoms. The number of H-pyrrole nitrogens is 1. The van der Waals surface area contributed by atoms with Crippen molar-refractivity contribution in [2.75, 3.05) is 7.05 Å². The molecular formula is C16H22N4O2. The van der Waals surface area contributed by atoms with Crippen LogP contribution >= 0.6 is 0 Å². The van der Waals surface area contributed by atoms with E-state index in [0.29, 0.717) is 11.2 Å². The minimum Gasteiger partial charge on any atom is -0.339 e. The Hall–Kier alpha value is -2.11. The summed E-state index contributed by atoms with van der Waals surface area (Å²) >= 11 is 0. The standard InChI is InChI=1S/C16H22N4O2/c1-3-11-6-8-12(9-7-11)19(2)15(21)13-5-4-10-20-14(13)17-18-16(20)22/h4-5,10-12H,3,6-9H2,1-2H3,(H,18,22). The van der Waals surface area contributed by atoms with E-state index >= 15 is 0 Å². The van der Waals surface area contributed by atoms with Gasteiger partial charge in [-0.25, -0.2) is 14.3 Å². The minimum absolute atomic E-state index is 0.0652. The van der Waals surface area contributed by atoms with Gasteiger partial charge in [0.2, 0.25) is 0 Å². The van der Waals surface area contributed by atoms with Crippen molar-refractivity contribution in [1.29, 1.82) is 0 Å². The molecule has 22 heavy (non-hydrogen) atoms. The lowest BCUT2D eigenvalue weighted by atomic mass is 9.84. The fourth-order valence-corrected chi connectivity index (χ4v) is 3.40. The van der Waals surface area contributed by atoms with E-state index in [4.69, 9.17) is 0 Å². The molecule has 0 unspecified atom stereocenters. The van der Waals surface area contributed by atoms with E-state index in [2.05, 4.69) is 17.1 Å². The normalized spacial score (nSPS) is 21.9. The average molecular weight is 302 g/mol. The van der Waals surface area contributed by atoms with Gasteiger partial charge in [0, 0.05) is 19.3 Å². The Labute approximate surface area is 129 Å². The van der Waals surface area contributed by atoms with Gasteiger partial charge in [0.25, 0.3) is 5.91 Å². The van der Waals surface area contributed by atoms with Crippen LogP contribution in [-0.2, 0) is 0 Å². The number of fused-ring (bicyclic) bond motifs is 1. The maximum Gasteiger partial charge on any atom is 0.347 e. The molecule has 2 aromatic rings. The van der Waals surface area contributed by atoms with Crippen LogP contribution in [0.3, 0.4) is 0 Å². The smallest absolute Gasteiger partial charge is 0.339 e. The second-order valence-corrected chi connectivity index (χ2v) is 6.14. The lowest BCUT2D eigenvalue weighted by Crippen LogP contribution is -2.39.